The molecule has 0 bridgehead atoms. The maximum absolute atomic E-state index is 12.4. The van der Waals surface area contributed by atoms with Crippen LogP contribution in [0.2, 0.25) is 0 Å². The second kappa shape index (κ2) is 7.37. The zero-order valence-corrected chi connectivity index (χ0v) is 15.7. The first-order chi connectivity index (χ1) is 12.7. The van der Waals surface area contributed by atoms with Crippen LogP contribution in [0, 0.1) is 0 Å². The molecule has 6 nitrogen and oxygen atoms in total. The highest BCUT2D eigenvalue weighted by Crippen LogP contribution is 2.22. The van der Waals surface area contributed by atoms with E-state index in [-0.39, 0.29) is 12.5 Å². The molecule has 26 heavy (non-hydrogen) atoms. The number of hydrogen-bond acceptors (Lipinski definition) is 5. The number of carbonyl (C=O) groups excluding carboxylic acids is 1. The molecule has 1 amide bonds. The Kier molecular flexibility index (Phi) is 4.79. The van der Waals surface area contributed by atoms with E-state index in [1.165, 1.54) is 0 Å². The number of ether oxygens (including phenoxy) is 1. The molecule has 3 aromatic rings. The van der Waals surface area contributed by atoms with Gasteiger partial charge in [0.2, 0.25) is 0 Å². The van der Waals surface area contributed by atoms with Gasteiger partial charge in [0, 0.05) is 30.7 Å². The minimum Gasteiger partial charge on any atom is -0.484 e. The molecule has 1 fully saturated rings. The van der Waals surface area contributed by atoms with Crippen molar-refractivity contribution in [2.75, 3.05) is 37.7 Å². The lowest BCUT2D eigenvalue weighted by Crippen LogP contribution is -2.50. The van der Waals surface area contributed by atoms with Crippen LogP contribution in [-0.4, -0.2) is 48.6 Å². The quantitative estimate of drug-likeness (QED) is 0.653. The van der Waals surface area contributed by atoms with Gasteiger partial charge < -0.3 is 19.0 Å². The van der Waals surface area contributed by atoms with Crippen LogP contribution in [0.5, 0.6) is 5.75 Å². The monoisotopic (exact) mass is 415 g/mol. The molecule has 0 aliphatic carbocycles. The summed E-state index contributed by atoms with van der Waals surface area (Å²) >= 11 is 3.38. The number of halogens is 1. The summed E-state index contributed by atoms with van der Waals surface area (Å²) in [5, 5.41) is 0. The summed E-state index contributed by atoms with van der Waals surface area (Å²) in [6.07, 6.45) is 0. The van der Waals surface area contributed by atoms with E-state index in [0.717, 1.165) is 15.6 Å². The number of hydrogen-bond donors (Lipinski definition) is 0. The molecule has 0 unspecified atom stereocenters. The van der Waals surface area contributed by atoms with Gasteiger partial charge in [-0.3, -0.25) is 4.79 Å². The van der Waals surface area contributed by atoms with Gasteiger partial charge in [-0.25, -0.2) is 0 Å². The van der Waals surface area contributed by atoms with Crippen molar-refractivity contribution in [3.8, 4) is 5.75 Å². The zero-order valence-electron chi connectivity index (χ0n) is 14.1. The standard InChI is InChI=1S/C19H18BrN3O3/c20-14-5-7-15(8-6-14)25-13-18(24)22-9-11-23(12-10-22)19-21-16-3-1-2-4-17(16)26-19/h1-8H,9-13H2. The van der Waals surface area contributed by atoms with Crippen LogP contribution >= 0.6 is 15.9 Å². The molecule has 1 aliphatic heterocycles. The molecule has 7 heteroatoms. The number of oxazole rings is 1. The first-order valence-electron chi connectivity index (χ1n) is 8.46. The summed E-state index contributed by atoms with van der Waals surface area (Å²) in [5.41, 5.74) is 1.63. The smallest absolute Gasteiger partial charge is 0.298 e. The number of benzene rings is 2. The van der Waals surface area contributed by atoms with Crippen molar-refractivity contribution in [3.05, 3.63) is 53.0 Å². The first kappa shape index (κ1) is 16.9. The summed E-state index contributed by atoms with van der Waals surface area (Å²) < 4.78 is 12.4. The van der Waals surface area contributed by atoms with Gasteiger partial charge in [-0.15, -0.1) is 0 Å². The van der Waals surface area contributed by atoms with Crippen molar-refractivity contribution in [1.82, 2.24) is 9.88 Å². The van der Waals surface area contributed by atoms with Gasteiger partial charge in [0.1, 0.15) is 11.3 Å². The van der Waals surface area contributed by atoms with Crippen molar-refractivity contribution >= 4 is 39.0 Å². The Bertz CT molecular complexity index is 869. The van der Waals surface area contributed by atoms with E-state index in [0.29, 0.717) is 37.9 Å². The van der Waals surface area contributed by atoms with E-state index >= 15 is 0 Å². The molecule has 1 saturated heterocycles. The predicted molar refractivity (Wildman–Crippen MR) is 102 cm³/mol. The largest absolute Gasteiger partial charge is 0.484 e. The van der Waals surface area contributed by atoms with Crippen LogP contribution in [0.25, 0.3) is 11.1 Å². The maximum Gasteiger partial charge on any atom is 0.298 e. The Hall–Kier alpha value is -2.54. The van der Waals surface area contributed by atoms with Crippen molar-refractivity contribution in [2.24, 2.45) is 0 Å². The van der Waals surface area contributed by atoms with Gasteiger partial charge >= 0.3 is 0 Å². The van der Waals surface area contributed by atoms with Crippen molar-refractivity contribution in [1.29, 1.82) is 0 Å². The lowest BCUT2D eigenvalue weighted by Gasteiger charge is -2.33. The van der Waals surface area contributed by atoms with E-state index in [2.05, 4.69) is 25.8 Å². The Morgan fingerprint density at radius 1 is 1.08 bits per heavy atom. The van der Waals surface area contributed by atoms with Gasteiger partial charge in [-0.1, -0.05) is 28.1 Å². The lowest BCUT2D eigenvalue weighted by atomic mass is 10.3. The summed E-state index contributed by atoms with van der Waals surface area (Å²) in [5.74, 6) is 0.678. The Balaban J connectivity index is 1.31. The van der Waals surface area contributed by atoms with Gasteiger partial charge in [-0.05, 0) is 36.4 Å². The van der Waals surface area contributed by atoms with E-state index in [4.69, 9.17) is 9.15 Å². The normalized spacial score (nSPS) is 14.7. The Morgan fingerprint density at radius 2 is 1.81 bits per heavy atom. The average molecular weight is 416 g/mol. The van der Waals surface area contributed by atoms with E-state index in [9.17, 15) is 4.79 Å². The van der Waals surface area contributed by atoms with E-state index < -0.39 is 0 Å². The van der Waals surface area contributed by atoms with Crippen LogP contribution in [0.1, 0.15) is 0 Å². The van der Waals surface area contributed by atoms with Gasteiger partial charge in [-0.2, -0.15) is 4.98 Å². The Labute approximate surface area is 159 Å². The molecule has 0 spiro atoms. The molecule has 0 N–H and O–H groups in total. The summed E-state index contributed by atoms with van der Waals surface area (Å²) in [6.45, 7) is 2.68. The van der Waals surface area contributed by atoms with Gasteiger partial charge in [0.15, 0.2) is 12.2 Å². The third-order valence-electron chi connectivity index (χ3n) is 4.36. The van der Waals surface area contributed by atoms with Crippen LogP contribution < -0.4 is 9.64 Å². The molecule has 1 aromatic heterocycles. The number of piperazine rings is 1. The van der Waals surface area contributed by atoms with Gasteiger partial charge in [0.05, 0.1) is 0 Å². The minimum atomic E-state index is -0.00914. The van der Waals surface area contributed by atoms with Crippen molar-refractivity contribution in [3.63, 3.8) is 0 Å². The number of para-hydroxylation sites is 2. The topological polar surface area (TPSA) is 58.8 Å². The molecule has 0 saturated carbocycles. The summed E-state index contributed by atoms with van der Waals surface area (Å²) in [4.78, 5) is 20.8. The van der Waals surface area contributed by atoms with Crippen LogP contribution in [0.15, 0.2) is 57.4 Å². The van der Waals surface area contributed by atoms with E-state index in [1.807, 2.05) is 53.4 Å². The highest BCUT2D eigenvalue weighted by molar-refractivity contribution is 9.10. The van der Waals surface area contributed by atoms with Gasteiger partial charge in [0.25, 0.3) is 11.9 Å². The zero-order chi connectivity index (χ0) is 17.9. The second-order valence-electron chi connectivity index (χ2n) is 6.07. The molecule has 134 valence electrons. The number of rotatable bonds is 4. The number of aromatic nitrogens is 1. The van der Waals surface area contributed by atoms with Crippen molar-refractivity contribution < 1.29 is 13.9 Å². The predicted octanol–water partition coefficient (Wildman–Crippen LogP) is 3.32. The maximum atomic E-state index is 12.4. The highest BCUT2D eigenvalue weighted by Gasteiger charge is 2.24. The third kappa shape index (κ3) is 3.67. The molecule has 2 aromatic carbocycles. The Morgan fingerprint density at radius 3 is 2.54 bits per heavy atom. The van der Waals surface area contributed by atoms with Crippen LogP contribution in [0.3, 0.4) is 0 Å². The average Bonchev–Trinajstić information content (AvgIpc) is 3.12. The highest BCUT2D eigenvalue weighted by atomic mass is 79.9. The summed E-state index contributed by atoms with van der Waals surface area (Å²) in [7, 11) is 0. The lowest BCUT2D eigenvalue weighted by molar-refractivity contribution is -0.133. The minimum absolute atomic E-state index is 0.00914. The number of anilines is 1. The molecule has 4 rings (SSSR count). The number of carbonyl (C=O) groups is 1. The molecular formula is C19H18BrN3O3. The first-order valence-corrected chi connectivity index (χ1v) is 9.25. The number of fused-ring (bicyclic) bond motifs is 1. The SMILES string of the molecule is O=C(COc1ccc(Br)cc1)N1CCN(c2nc3ccccc3o2)CC1. The second-order valence-corrected chi connectivity index (χ2v) is 6.99. The molecular weight excluding hydrogens is 398 g/mol. The fraction of sp³-hybridized carbons (Fsp3) is 0.263. The molecule has 1 aliphatic rings. The fourth-order valence-electron chi connectivity index (χ4n) is 2.91. The number of amides is 1. The van der Waals surface area contributed by atoms with Crippen molar-refractivity contribution in [2.45, 2.75) is 0 Å². The number of nitrogens with zero attached hydrogens (tertiary/aromatic N) is 3. The van der Waals surface area contributed by atoms with Crippen LogP contribution in [0.4, 0.5) is 6.01 Å². The molecule has 0 atom stereocenters. The summed E-state index contributed by atoms with van der Waals surface area (Å²) in [6, 6.07) is 15.8. The fourth-order valence-corrected chi connectivity index (χ4v) is 3.17. The molecule has 2 heterocycles. The van der Waals surface area contributed by atoms with Crippen LogP contribution in [-0.2, 0) is 4.79 Å². The molecule has 0 radical (unpaired) electrons. The van der Waals surface area contributed by atoms with E-state index in [1.54, 1.807) is 0 Å². The third-order valence-corrected chi connectivity index (χ3v) is 4.89.